The molecule has 88 valence electrons. The number of carbonyl (C=O) groups is 1. The highest BCUT2D eigenvalue weighted by atomic mass is 32.2. The van der Waals surface area contributed by atoms with Crippen LogP contribution in [0.3, 0.4) is 0 Å². The zero-order valence-electron chi connectivity index (χ0n) is 8.53. The number of halogens is 2. The van der Waals surface area contributed by atoms with E-state index in [1.165, 1.54) is 0 Å². The number of alkyl halides is 2. The van der Waals surface area contributed by atoms with Crippen molar-refractivity contribution in [2.24, 2.45) is 0 Å². The molecule has 0 aliphatic heterocycles. The van der Waals surface area contributed by atoms with Crippen LogP contribution in [0.5, 0.6) is 0 Å². The molecular weight excluding hydrogens is 234 g/mol. The van der Waals surface area contributed by atoms with Crippen molar-refractivity contribution in [2.75, 3.05) is 0 Å². The summed E-state index contributed by atoms with van der Waals surface area (Å²) < 4.78 is 24.4. The molecule has 0 bridgehead atoms. The van der Waals surface area contributed by atoms with Crippen molar-refractivity contribution in [1.82, 2.24) is 0 Å². The second kappa shape index (κ2) is 6.48. The molecule has 1 N–H and O–H groups in total. The molecule has 5 heteroatoms. The van der Waals surface area contributed by atoms with Gasteiger partial charge in [0.15, 0.2) is 0 Å². The number of hydrogen-bond donors (Lipinski definition) is 1. The highest BCUT2D eigenvalue weighted by Gasteiger charge is 2.09. The maximum Gasteiger partial charge on any atom is 0.303 e. The van der Waals surface area contributed by atoms with Crippen LogP contribution in [0, 0.1) is 0 Å². The van der Waals surface area contributed by atoms with Crippen LogP contribution in [-0.4, -0.2) is 16.8 Å². The summed E-state index contributed by atoms with van der Waals surface area (Å²) in [6, 6.07) is 6.86. The van der Waals surface area contributed by atoms with E-state index in [0.29, 0.717) is 29.5 Å². The monoisotopic (exact) mass is 246 g/mol. The molecule has 0 amide bonds. The van der Waals surface area contributed by atoms with Crippen molar-refractivity contribution in [2.45, 2.75) is 29.9 Å². The molecule has 0 radical (unpaired) electrons. The smallest absolute Gasteiger partial charge is 0.303 e. The summed E-state index contributed by atoms with van der Waals surface area (Å²) in [5, 5.41) is 8.48. The lowest BCUT2D eigenvalue weighted by Gasteiger charge is -2.07. The minimum Gasteiger partial charge on any atom is -0.481 e. The van der Waals surface area contributed by atoms with E-state index in [1.807, 2.05) is 0 Å². The summed E-state index contributed by atoms with van der Waals surface area (Å²) in [7, 11) is 0. The Labute approximate surface area is 96.7 Å². The largest absolute Gasteiger partial charge is 0.481 e. The Balaban J connectivity index is 2.60. The zero-order chi connectivity index (χ0) is 12.0. The Morgan fingerprint density at radius 1 is 1.38 bits per heavy atom. The SMILES string of the molecule is O=C(O)CCCc1ccccc1SC(F)F. The molecule has 0 aliphatic carbocycles. The fourth-order valence-corrected chi connectivity index (χ4v) is 2.02. The van der Waals surface area contributed by atoms with E-state index in [0.717, 1.165) is 5.56 Å². The minimum atomic E-state index is -2.44. The molecule has 0 fully saturated rings. The first-order valence-electron chi connectivity index (χ1n) is 4.84. The second-order valence-electron chi connectivity index (χ2n) is 3.23. The molecular formula is C11H12F2O2S. The van der Waals surface area contributed by atoms with Gasteiger partial charge in [-0.05, 0) is 24.5 Å². The summed E-state index contributed by atoms with van der Waals surface area (Å²) >= 11 is 0.503. The van der Waals surface area contributed by atoms with Gasteiger partial charge >= 0.3 is 5.97 Å². The summed E-state index contributed by atoms with van der Waals surface area (Å²) in [6.45, 7) is 0. The first kappa shape index (κ1) is 13.0. The number of thioether (sulfide) groups is 1. The van der Waals surface area contributed by atoms with E-state index in [1.54, 1.807) is 24.3 Å². The van der Waals surface area contributed by atoms with Crippen LogP contribution in [0.4, 0.5) is 8.78 Å². The van der Waals surface area contributed by atoms with Gasteiger partial charge in [-0.3, -0.25) is 4.79 Å². The van der Waals surface area contributed by atoms with Crippen LogP contribution in [0.15, 0.2) is 29.2 Å². The lowest BCUT2D eigenvalue weighted by molar-refractivity contribution is -0.137. The Kier molecular flexibility index (Phi) is 5.25. The third kappa shape index (κ3) is 4.61. The summed E-state index contributed by atoms with van der Waals surface area (Å²) in [4.78, 5) is 10.9. The van der Waals surface area contributed by atoms with E-state index in [9.17, 15) is 13.6 Å². The average Bonchev–Trinajstić information content (AvgIpc) is 2.19. The molecule has 2 nitrogen and oxygen atoms in total. The van der Waals surface area contributed by atoms with E-state index in [2.05, 4.69) is 0 Å². The lowest BCUT2D eigenvalue weighted by Crippen LogP contribution is -1.97. The number of hydrogen-bond acceptors (Lipinski definition) is 2. The number of carboxylic acids is 1. The van der Waals surface area contributed by atoms with Gasteiger partial charge in [-0.25, -0.2) is 0 Å². The molecule has 0 saturated carbocycles. The van der Waals surface area contributed by atoms with E-state index in [4.69, 9.17) is 5.11 Å². The van der Waals surface area contributed by atoms with Gasteiger partial charge in [0.1, 0.15) is 0 Å². The quantitative estimate of drug-likeness (QED) is 0.781. The molecule has 0 saturated heterocycles. The molecule has 0 aromatic heterocycles. The first-order chi connectivity index (χ1) is 7.59. The Morgan fingerprint density at radius 3 is 2.69 bits per heavy atom. The molecule has 0 atom stereocenters. The van der Waals surface area contributed by atoms with Crippen LogP contribution in [0.1, 0.15) is 18.4 Å². The molecule has 0 unspecified atom stereocenters. The third-order valence-electron chi connectivity index (χ3n) is 2.03. The van der Waals surface area contributed by atoms with Gasteiger partial charge in [0.2, 0.25) is 0 Å². The van der Waals surface area contributed by atoms with E-state index >= 15 is 0 Å². The third-order valence-corrected chi connectivity index (χ3v) is 2.86. The first-order valence-corrected chi connectivity index (χ1v) is 5.72. The predicted molar refractivity (Wildman–Crippen MR) is 58.9 cm³/mol. The summed E-state index contributed by atoms with van der Waals surface area (Å²) in [5.74, 6) is -3.31. The Morgan fingerprint density at radius 2 is 2.06 bits per heavy atom. The molecule has 16 heavy (non-hydrogen) atoms. The fourth-order valence-electron chi connectivity index (χ4n) is 1.35. The fraction of sp³-hybridized carbons (Fsp3) is 0.364. The van der Waals surface area contributed by atoms with Gasteiger partial charge < -0.3 is 5.11 Å². The van der Waals surface area contributed by atoms with Crippen molar-refractivity contribution in [3.63, 3.8) is 0 Å². The summed E-state index contributed by atoms with van der Waals surface area (Å²) in [5.41, 5.74) is 0.786. The van der Waals surface area contributed by atoms with Gasteiger partial charge in [0.05, 0.1) is 0 Å². The molecule has 1 aromatic carbocycles. The van der Waals surface area contributed by atoms with E-state index in [-0.39, 0.29) is 6.42 Å². The minimum absolute atomic E-state index is 0.0632. The van der Waals surface area contributed by atoms with Crippen molar-refractivity contribution < 1.29 is 18.7 Å². The van der Waals surface area contributed by atoms with E-state index < -0.39 is 11.7 Å². The van der Waals surface area contributed by atoms with Gasteiger partial charge in [-0.1, -0.05) is 30.0 Å². The molecule has 0 spiro atoms. The topological polar surface area (TPSA) is 37.3 Å². The van der Waals surface area contributed by atoms with Crippen LogP contribution in [0.25, 0.3) is 0 Å². The van der Waals surface area contributed by atoms with Crippen LogP contribution >= 0.6 is 11.8 Å². The number of benzene rings is 1. The van der Waals surface area contributed by atoms with Crippen molar-refractivity contribution >= 4 is 17.7 Å². The predicted octanol–water partition coefficient (Wildman–Crippen LogP) is 3.41. The maximum absolute atomic E-state index is 12.2. The lowest BCUT2D eigenvalue weighted by atomic mass is 10.1. The van der Waals surface area contributed by atoms with Crippen molar-refractivity contribution in [3.8, 4) is 0 Å². The average molecular weight is 246 g/mol. The summed E-state index contributed by atoms with van der Waals surface area (Å²) in [6.07, 6.45) is 1.05. The van der Waals surface area contributed by atoms with Crippen LogP contribution in [0.2, 0.25) is 0 Å². The van der Waals surface area contributed by atoms with Gasteiger partial charge in [0.25, 0.3) is 5.76 Å². The molecule has 0 heterocycles. The number of aryl methyl sites for hydroxylation is 1. The van der Waals surface area contributed by atoms with Gasteiger partial charge in [-0.2, -0.15) is 8.78 Å². The standard InChI is InChI=1S/C11H12F2O2S/c12-11(13)16-9-6-2-1-4-8(9)5-3-7-10(14)15/h1-2,4,6,11H,3,5,7H2,(H,14,15). The zero-order valence-corrected chi connectivity index (χ0v) is 9.34. The molecule has 1 rings (SSSR count). The van der Waals surface area contributed by atoms with Crippen LogP contribution in [-0.2, 0) is 11.2 Å². The highest BCUT2D eigenvalue weighted by Crippen LogP contribution is 2.29. The second-order valence-corrected chi connectivity index (χ2v) is 4.27. The highest BCUT2D eigenvalue weighted by molar-refractivity contribution is 7.99. The normalized spacial score (nSPS) is 10.7. The Bertz CT molecular complexity index is 356. The Hall–Kier alpha value is -1.10. The van der Waals surface area contributed by atoms with Crippen molar-refractivity contribution in [3.05, 3.63) is 29.8 Å². The van der Waals surface area contributed by atoms with Gasteiger partial charge in [-0.15, -0.1) is 0 Å². The number of aliphatic carboxylic acids is 1. The van der Waals surface area contributed by atoms with Crippen LogP contribution < -0.4 is 0 Å². The number of carboxylic acid groups (broad SMARTS) is 1. The van der Waals surface area contributed by atoms with Gasteiger partial charge in [0, 0.05) is 11.3 Å². The molecule has 1 aromatic rings. The maximum atomic E-state index is 12.2. The van der Waals surface area contributed by atoms with Crippen molar-refractivity contribution in [1.29, 1.82) is 0 Å². The number of rotatable bonds is 6. The molecule has 0 aliphatic rings.